The van der Waals surface area contributed by atoms with Crippen LogP contribution in [0.5, 0.6) is 0 Å². The Hall–Kier alpha value is -2.13. The summed E-state index contributed by atoms with van der Waals surface area (Å²) in [5, 5.41) is 10.9. The number of benzene rings is 2. The molecular weight excluding hydrogens is 362 g/mol. The van der Waals surface area contributed by atoms with E-state index in [1.54, 1.807) is 0 Å². The lowest BCUT2D eigenvalue weighted by atomic mass is 10.1. The van der Waals surface area contributed by atoms with Crippen LogP contribution in [0, 0.1) is 18.3 Å². The summed E-state index contributed by atoms with van der Waals surface area (Å²) in [5.41, 5.74) is 0.967. The first-order chi connectivity index (χ1) is 11.4. The van der Waals surface area contributed by atoms with Gasteiger partial charge in [-0.2, -0.15) is 5.26 Å². The van der Waals surface area contributed by atoms with Crippen LogP contribution in [-0.2, 0) is 9.84 Å². The molecule has 0 amide bonds. The second-order valence-electron chi connectivity index (χ2n) is 5.17. The van der Waals surface area contributed by atoms with Crippen molar-refractivity contribution in [2.24, 2.45) is 0 Å². The third kappa shape index (κ3) is 2.96. The predicted octanol–water partition coefficient (Wildman–Crippen LogP) is 5.20. The highest BCUT2D eigenvalue weighted by Crippen LogP contribution is 2.33. The number of nitrogens with zero attached hydrogens (tertiary/aromatic N) is 1. The van der Waals surface area contributed by atoms with E-state index in [0.29, 0.717) is 5.02 Å². The fourth-order valence-corrected chi connectivity index (χ4v) is 4.86. The fourth-order valence-electron chi connectivity index (χ4n) is 2.36. The van der Waals surface area contributed by atoms with Gasteiger partial charge in [-0.1, -0.05) is 29.8 Å². The van der Waals surface area contributed by atoms with E-state index in [1.165, 1.54) is 41.7 Å². The predicted molar refractivity (Wildman–Crippen MR) is 98.8 cm³/mol. The zero-order valence-corrected chi connectivity index (χ0v) is 15.0. The van der Waals surface area contributed by atoms with Crippen LogP contribution in [-0.4, -0.2) is 8.42 Å². The highest BCUT2D eigenvalue weighted by molar-refractivity contribution is 7.95. The van der Waals surface area contributed by atoms with Crippen LogP contribution < -0.4 is 0 Å². The molecule has 0 fully saturated rings. The Kier molecular flexibility index (Phi) is 4.46. The summed E-state index contributed by atoms with van der Waals surface area (Å²) in [6, 6.07) is 15.4. The number of thiophene rings is 1. The molecule has 6 heteroatoms. The first kappa shape index (κ1) is 16.7. The molecule has 120 valence electrons. The van der Waals surface area contributed by atoms with E-state index in [4.69, 9.17) is 11.6 Å². The van der Waals surface area contributed by atoms with Crippen molar-refractivity contribution in [2.75, 3.05) is 0 Å². The molecular formula is C18H12ClNO2S2. The first-order valence-electron chi connectivity index (χ1n) is 7.04. The second kappa shape index (κ2) is 6.40. The molecule has 1 heterocycles. The van der Waals surface area contributed by atoms with Crippen LogP contribution >= 0.6 is 22.9 Å². The number of hydrogen-bond acceptors (Lipinski definition) is 4. The Morgan fingerprint density at radius 2 is 1.83 bits per heavy atom. The number of sulfone groups is 1. The zero-order valence-electron chi connectivity index (χ0n) is 12.7. The monoisotopic (exact) mass is 373 g/mol. The summed E-state index contributed by atoms with van der Waals surface area (Å²) in [6.45, 7) is 1.93. The van der Waals surface area contributed by atoms with Gasteiger partial charge in [0.25, 0.3) is 0 Å². The summed E-state index contributed by atoms with van der Waals surface area (Å²) in [7, 11) is -3.87. The van der Waals surface area contributed by atoms with Crippen LogP contribution in [0.25, 0.3) is 16.2 Å². The molecule has 0 N–H and O–H groups in total. The smallest absolute Gasteiger partial charge is 0.216 e. The molecule has 0 unspecified atom stereocenters. The topological polar surface area (TPSA) is 57.9 Å². The van der Waals surface area contributed by atoms with Crippen LogP contribution in [0.2, 0.25) is 5.02 Å². The molecule has 0 aliphatic heterocycles. The number of hydrogen-bond donors (Lipinski definition) is 0. The minimum atomic E-state index is -3.87. The average Bonchev–Trinajstić information content (AvgIpc) is 2.89. The van der Waals surface area contributed by atoms with Crippen molar-refractivity contribution >= 4 is 48.9 Å². The van der Waals surface area contributed by atoms with E-state index in [2.05, 4.69) is 0 Å². The van der Waals surface area contributed by atoms with Crippen molar-refractivity contribution in [3.63, 3.8) is 0 Å². The van der Waals surface area contributed by atoms with E-state index in [-0.39, 0.29) is 9.80 Å². The lowest BCUT2D eigenvalue weighted by molar-refractivity contribution is 0.603. The van der Waals surface area contributed by atoms with Crippen molar-refractivity contribution in [1.29, 1.82) is 5.26 Å². The molecule has 0 spiro atoms. The normalized spacial score (nSPS) is 12.3. The molecule has 3 nitrogen and oxygen atoms in total. The molecule has 0 bridgehead atoms. The minimum Gasteiger partial charge on any atom is -0.218 e. The molecule has 0 aliphatic rings. The van der Waals surface area contributed by atoms with Gasteiger partial charge in [-0.3, -0.25) is 0 Å². The molecule has 0 aliphatic carbocycles. The standard InChI is InChI=1S/C18H12ClNO2S2/c1-12-16-4-2-3-5-17(16)23-18(12)10-15(11-20)24(21,22)14-8-6-13(19)7-9-14/h2-10H,1H3/b15-10-. The maximum atomic E-state index is 12.7. The minimum absolute atomic E-state index is 0.0541. The maximum absolute atomic E-state index is 12.7. The van der Waals surface area contributed by atoms with Gasteiger partial charge in [0.05, 0.1) is 4.90 Å². The summed E-state index contributed by atoms with van der Waals surface area (Å²) in [6.07, 6.45) is 1.45. The number of halogens is 1. The molecule has 0 saturated heterocycles. The number of rotatable bonds is 3. The largest absolute Gasteiger partial charge is 0.218 e. The third-order valence-corrected chi connectivity index (χ3v) is 6.82. The summed E-state index contributed by atoms with van der Waals surface area (Å²) < 4.78 is 26.4. The van der Waals surface area contributed by atoms with Crippen LogP contribution in [0.3, 0.4) is 0 Å². The highest BCUT2D eigenvalue weighted by atomic mass is 35.5. The number of allylic oxidation sites excluding steroid dienone is 1. The summed E-state index contributed by atoms with van der Waals surface area (Å²) in [5.74, 6) is 0. The van der Waals surface area contributed by atoms with Crippen molar-refractivity contribution in [3.8, 4) is 6.07 Å². The van der Waals surface area contributed by atoms with Gasteiger partial charge in [0, 0.05) is 14.6 Å². The van der Waals surface area contributed by atoms with Gasteiger partial charge in [-0.15, -0.1) is 11.3 Å². The lowest BCUT2D eigenvalue weighted by Gasteiger charge is -2.03. The maximum Gasteiger partial charge on any atom is 0.216 e. The van der Waals surface area contributed by atoms with E-state index >= 15 is 0 Å². The molecule has 0 saturated carbocycles. The number of fused-ring (bicyclic) bond motifs is 1. The Balaban J connectivity index is 2.13. The Morgan fingerprint density at radius 1 is 1.17 bits per heavy atom. The molecule has 24 heavy (non-hydrogen) atoms. The van der Waals surface area contributed by atoms with Crippen LogP contribution in [0.15, 0.2) is 58.3 Å². The van der Waals surface area contributed by atoms with Gasteiger partial charge in [-0.05, 0) is 54.3 Å². The van der Waals surface area contributed by atoms with E-state index in [1.807, 2.05) is 37.3 Å². The Morgan fingerprint density at radius 3 is 2.46 bits per heavy atom. The van der Waals surface area contributed by atoms with E-state index in [9.17, 15) is 13.7 Å². The molecule has 3 aromatic rings. The quantitative estimate of drug-likeness (QED) is 0.593. The first-order valence-corrected chi connectivity index (χ1v) is 9.72. The SMILES string of the molecule is Cc1c(/C=C(/C#N)S(=O)(=O)c2ccc(Cl)cc2)sc2ccccc12. The molecule has 2 aromatic carbocycles. The highest BCUT2D eigenvalue weighted by Gasteiger charge is 2.21. The Bertz CT molecular complexity index is 1090. The summed E-state index contributed by atoms with van der Waals surface area (Å²) >= 11 is 7.27. The third-order valence-electron chi connectivity index (χ3n) is 3.67. The molecule has 1 aromatic heterocycles. The van der Waals surface area contributed by atoms with Gasteiger partial charge in [0.2, 0.25) is 9.84 Å². The number of nitriles is 1. The number of aryl methyl sites for hydroxylation is 1. The molecule has 0 atom stereocenters. The summed E-state index contributed by atoms with van der Waals surface area (Å²) in [4.78, 5) is 0.545. The van der Waals surface area contributed by atoms with Gasteiger partial charge in [0.1, 0.15) is 6.07 Å². The van der Waals surface area contributed by atoms with E-state index in [0.717, 1.165) is 20.5 Å². The van der Waals surface area contributed by atoms with Gasteiger partial charge >= 0.3 is 0 Å². The van der Waals surface area contributed by atoms with Crippen molar-refractivity contribution < 1.29 is 8.42 Å². The van der Waals surface area contributed by atoms with Crippen molar-refractivity contribution in [1.82, 2.24) is 0 Å². The van der Waals surface area contributed by atoms with Gasteiger partial charge in [-0.25, -0.2) is 8.42 Å². The van der Waals surface area contributed by atoms with Crippen LogP contribution in [0.1, 0.15) is 10.4 Å². The average molecular weight is 374 g/mol. The second-order valence-corrected chi connectivity index (χ2v) is 8.60. The molecule has 0 radical (unpaired) electrons. The fraction of sp³-hybridized carbons (Fsp3) is 0.0556. The van der Waals surface area contributed by atoms with Gasteiger partial charge < -0.3 is 0 Å². The van der Waals surface area contributed by atoms with Crippen LogP contribution in [0.4, 0.5) is 0 Å². The van der Waals surface area contributed by atoms with Gasteiger partial charge in [0.15, 0.2) is 4.91 Å². The zero-order chi connectivity index (χ0) is 17.3. The lowest BCUT2D eigenvalue weighted by Crippen LogP contribution is -2.03. The molecule has 3 rings (SSSR count). The Labute approximate surface area is 149 Å². The van der Waals surface area contributed by atoms with E-state index < -0.39 is 9.84 Å². The van der Waals surface area contributed by atoms with Crippen molar-refractivity contribution in [2.45, 2.75) is 11.8 Å². The van der Waals surface area contributed by atoms with Crippen molar-refractivity contribution in [3.05, 3.63) is 68.9 Å².